The lowest BCUT2D eigenvalue weighted by atomic mass is 10.0. The van der Waals surface area contributed by atoms with Gasteiger partial charge in [0.15, 0.2) is 0 Å². The van der Waals surface area contributed by atoms with Crippen LogP contribution in [-0.4, -0.2) is 37.7 Å². The van der Waals surface area contributed by atoms with E-state index >= 15 is 0 Å². The highest BCUT2D eigenvalue weighted by molar-refractivity contribution is 5.90. The highest BCUT2D eigenvalue weighted by Gasteiger charge is 2.32. The zero-order valence-electron chi connectivity index (χ0n) is 17.0. The Morgan fingerprint density at radius 3 is 2.73 bits per heavy atom. The molecule has 2 aromatic carbocycles. The number of anilines is 1. The lowest BCUT2D eigenvalue weighted by Gasteiger charge is -2.15. The summed E-state index contributed by atoms with van der Waals surface area (Å²) in [6.07, 6.45) is 1.77. The molecule has 0 aliphatic carbocycles. The Kier molecular flexibility index (Phi) is 7.19. The summed E-state index contributed by atoms with van der Waals surface area (Å²) in [4.78, 5) is 24.5. The van der Waals surface area contributed by atoms with Crippen molar-refractivity contribution in [2.24, 2.45) is 0 Å². The topological polar surface area (TPSA) is 70.7 Å². The SMILES string of the molecule is C=CCCNCc1ccc(-c2ccc(N3CC(CNC(C)=O)OC3=O)cc2F)cc1. The fraction of sp³-hybridized carbons (Fsp3) is 0.304. The van der Waals surface area contributed by atoms with E-state index in [0.717, 1.165) is 30.6 Å². The molecule has 158 valence electrons. The summed E-state index contributed by atoms with van der Waals surface area (Å²) in [5, 5.41) is 5.94. The van der Waals surface area contributed by atoms with Gasteiger partial charge in [-0.2, -0.15) is 0 Å². The average Bonchev–Trinajstić information content (AvgIpc) is 3.11. The number of nitrogens with zero attached hydrogens (tertiary/aromatic N) is 1. The molecule has 2 aromatic rings. The molecule has 0 radical (unpaired) electrons. The fourth-order valence-corrected chi connectivity index (χ4v) is 3.24. The minimum absolute atomic E-state index is 0.196. The number of carbonyl (C=O) groups excluding carboxylic acids is 2. The van der Waals surface area contributed by atoms with Gasteiger partial charge in [0, 0.05) is 19.0 Å². The third kappa shape index (κ3) is 5.45. The summed E-state index contributed by atoms with van der Waals surface area (Å²) in [6, 6.07) is 12.4. The van der Waals surface area contributed by atoms with Crippen molar-refractivity contribution in [3.8, 4) is 11.1 Å². The number of rotatable bonds is 9. The van der Waals surface area contributed by atoms with E-state index < -0.39 is 18.0 Å². The van der Waals surface area contributed by atoms with Gasteiger partial charge in [-0.15, -0.1) is 6.58 Å². The summed E-state index contributed by atoms with van der Waals surface area (Å²) in [6.45, 7) is 7.18. The van der Waals surface area contributed by atoms with Crippen LogP contribution in [0.2, 0.25) is 0 Å². The predicted molar refractivity (Wildman–Crippen MR) is 115 cm³/mol. The summed E-state index contributed by atoms with van der Waals surface area (Å²) >= 11 is 0. The Hall–Kier alpha value is -3.19. The number of amides is 2. The Morgan fingerprint density at radius 2 is 2.07 bits per heavy atom. The lowest BCUT2D eigenvalue weighted by molar-refractivity contribution is -0.119. The molecule has 30 heavy (non-hydrogen) atoms. The first-order chi connectivity index (χ1) is 14.5. The van der Waals surface area contributed by atoms with E-state index in [-0.39, 0.29) is 19.0 Å². The molecular formula is C23H26FN3O3. The van der Waals surface area contributed by atoms with E-state index in [9.17, 15) is 14.0 Å². The molecule has 2 N–H and O–H groups in total. The van der Waals surface area contributed by atoms with Gasteiger partial charge in [0.25, 0.3) is 0 Å². The smallest absolute Gasteiger partial charge is 0.414 e. The molecule has 0 saturated carbocycles. The van der Waals surface area contributed by atoms with E-state index in [1.165, 1.54) is 17.9 Å². The number of cyclic esters (lactones) is 1. The van der Waals surface area contributed by atoms with Crippen LogP contribution < -0.4 is 15.5 Å². The largest absolute Gasteiger partial charge is 0.442 e. The van der Waals surface area contributed by atoms with Crippen molar-refractivity contribution in [2.75, 3.05) is 24.5 Å². The number of halogens is 1. The second-order valence-electron chi connectivity index (χ2n) is 7.17. The van der Waals surface area contributed by atoms with Crippen molar-refractivity contribution < 1.29 is 18.7 Å². The predicted octanol–water partition coefficient (Wildman–Crippen LogP) is 3.62. The quantitative estimate of drug-likeness (QED) is 0.488. The number of nitrogens with one attached hydrogen (secondary N) is 2. The molecule has 1 saturated heterocycles. The van der Waals surface area contributed by atoms with Crippen LogP contribution in [0.5, 0.6) is 0 Å². The van der Waals surface area contributed by atoms with Crippen LogP contribution in [0.25, 0.3) is 11.1 Å². The number of ether oxygens (including phenoxy) is 1. The number of benzene rings is 2. The van der Waals surface area contributed by atoms with Crippen LogP contribution in [-0.2, 0) is 16.1 Å². The van der Waals surface area contributed by atoms with E-state index in [1.807, 2.05) is 30.3 Å². The molecule has 1 heterocycles. The van der Waals surface area contributed by atoms with Crippen molar-refractivity contribution >= 4 is 17.7 Å². The molecular weight excluding hydrogens is 385 g/mol. The molecule has 1 atom stereocenters. The van der Waals surface area contributed by atoms with Gasteiger partial charge in [0.1, 0.15) is 11.9 Å². The maximum absolute atomic E-state index is 14.8. The van der Waals surface area contributed by atoms with E-state index in [2.05, 4.69) is 17.2 Å². The maximum atomic E-state index is 14.8. The third-order valence-corrected chi connectivity index (χ3v) is 4.84. The first-order valence-electron chi connectivity index (χ1n) is 9.91. The molecule has 0 spiro atoms. The van der Waals surface area contributed by atoms with Crippen LogP contribution in [0.15, 0.2) is 55.1 Å². The second kappa shape index (κ2) is 10.0. The van der Waals surface area contributed by atoms with Gasteiger partial charge in [0.2, 0.25) is 5.91 Å². The molecule has 1 aliphatic heterocycles. The van der Waals surface area contributed by atoms with E-state index in [0.29, 0.717) is 11.3 Å². The summed E-state index contributed by atoms with van der Waals surface area (Å²) < 4.78 is 20.0. The Morgan fingerprint density at radius 1 is 1.30 bits per heavy atom. The second-order valence-corrected chi connectivity index (χ2v) is 7.17. The highest BCUT2D eigenvalue weighted by Crippen LogP contribution is 2.29. The average molecular weight is 411 g/mol. The van der Waals surface area contributed by atoms with Crippen molar-refractivity contribution in [1.29, 1.82) is 0 Å². The standard InChI is InChI=1S/C23H26FN3O3/c1-3-4-11-25-13-17-5-7-18(8-6-17)21-10-9-19(12-22(21)24)27-15-20(30-23(27)29)14-26-16(2)28/h3,5-10,12,20,25H,1,4,11,13-15H2,2H3,(H,26,28). The Bertz CT molecular complexity index is 914. The first kappa shape index (κ1) is 21.5. The minimum Gasteiger partial charge on any atom is -0.442 e. The van der Waals surface area contributed by atoms with Crippen LogP contribution in [0, 0.1) is 5.82 Å². The minimum atomic E-state index is -0.550. The summed E-state index contributed by atoms with van der Waals surface area (Å²) in [5.74, 6) is -0.610. The van der Waals surface area contributed by atoms with Crippen LogP contribution >= 0.6 is 0 Å². The Balaban J connectivity index is 1.66. The van der Waals surface area contributed by atoms with Crippen LogP contribution in [0.3, 0.4) is 0 Å². The fourth-order valence-electron chi connectivity index (χ4n) is 3.24. The zero-order valence-corrected chi connectivity index (χ0v) is 17.0. The van der Waals surface area contributed by atoms with Gasteiger partial charge in [-0.05, 0) is 42.3 Å². The molecule has 6 nitrogen and oxygen atoms in total. The van der Waals surface area contributed by atoms with Crippen molar-refractivity contribution in [3.63, 3.8) is 0 Å². The maximum Gasteiger partial charge on any atom is 0.414 e. The van der Waals surface area contributed by atoms with Crippen molar-refractivity contribution in [1.82, 2.24) is 10.6 Å². The van der Waals surface area contributed by atoms with Gasteiger partial charge in [-0.1, -0.05) is 30.3 Å². The van der Waals surface area contributed by atoms with Crippen LogP contribution in [0.1, 0.15) is 18.9 Å². The molecule has 0 aromatic heterocycles. The first-order valence-corrected chi connectivity index (χ1v) is 9.91. The van der Waals surface area contributed by atoms with E-state index in [4.69, 9.17) is 4.74 Å². The zero-order chi connectivity index (χ0) is 21.5. The molecule has 2 amide bonds. The Labute approximate surface area is 175 Å². The van der Waals surface area contributed by atoms with Crippen LogP contribution in [0.4, 0.5) is 14.9 Å². The number of carbonyl (C=O) groups is 2. The lowest BCUT2D eigenvalue weighted by Crippen LogP contribution is -2.33. The third-order valence-electron chi connectivity index (χ3n) is 4.84. The van der Waals surface area contributed by atoms with Gasteiger partial charge in [-0.25, -0.2) is 9.18 Å². The van der Waals surface area contributed by atoms with E-state index in [1.54, 1.807) is 12.1 Å². The van der Waals surface area contributed by atoms with Gasteiger partial charge in [0.05, 0.1) is 18.8 Å². The highest BCUT2D eigenvalue weighted by atomic mass is 19.1. The van der Waals surface area contributed by atoms with Crippen molar-refractivity contribution in [2.45, 2.75) is 26.0 Å². The number of hydrogen-bond donors (Lipinski definition) is 2. The van der Waals surface area contributed by atoms with Gasteiger partial charge >= 0.3 is 6.09 Å². The monoisotopic (exact) mass is 411 g/mol. The summed E-state index contributed by atoms with van der Waals surface area (Å²) in [5.41, 5.74) is 2.77. The molecule has 7 heteroatoms. The van der Waals surface area contributed by atoms with Crippen molar-refractivity contribution in [3.05, 3.63) is 66.5 Å². The molecule has 1 fully saturated rings. The van der Waals surface area contributed by atoms with Gasteiger partial charge < -0.3 is 15.4 Å². The number of hydrogen-bond acceptors (Lipinski definition) is 4. The molecule has 1 unspecified atom stereocenters. The molecule has 0 bridgehead atoms. The van der Waals surface area contributed by atoms with Gasteiger partial charge in [-0.3, -0.25) is 9.69 Å². The summed E-state index contributed by atoms with van der Waals surface area (Å²) in [7, 11) is 0. The molecule has 3 rings (SSSR count). The molecule has 1 aliphatic rings. The normalized spacial score (nSPS) is 15.7.